The molecule has 112 valence electrons. The SMILES string of the molecule is CC(C)CC1(C(=O)NC(C#N)c2ccccc2)CCCC1. The normalized spacial score (nSPS) is 18.2. The Hall–Kier alpha value is -1.82. The largest absolute Gasteiger partial charge is 0.336 e. The molecule has 1 aliphatic carbocycles. The van der Waals surface area contributed by atoms with Crippen LogP contribution in [0.3, 0.4) is 0 Å². The van der Waals surface area contributed by atoms with E-state index in [1.807, 2.05) is 30.3 Å². The summed E-state index contributed by atoms with van der Waals surface area (Å²) in [6, 6.07) is 11.1. The quantitative estimate of drug-likeness (QED) is 0.889. The highest BCUT2D eigenvalue weighted by Crippen LogP contribution is 2.43. The molecule has 0 heterocycles. The molecule has 1 saturated carbocycles. The van der Waals surface area contributed by atoms with Crippen molar-refractivity contribution >= 4 is 5.91 Å². The van der Waals surface area contributed by atoms with Gasteiger partial charge in [-0.15, -0.1) is 0 Å². The molecule has 1 fully saturated rings. The zero-order valence-electron chi connectivity index (χ0n) is 12.9. The number of hydrogen-bond acceptors (Lipinski definition) is 2. The third-order valence-corrected chi connectivity index (χ3v) is 4.38. The van der Waals surface area contributed by atoms with Gasteiger partial charge in [-0.25, -0.2) is 0 Å². The molecule has 1 atom stereocenters. The first-order valence-electron chi connectivity index (χ1n) is 7.83. The summed E-state index contributed by atoms with van der Waals surface area (Å²) in [5.41, 5.74) is 0.587. The summed E-state index contributed by atoms with van der Waals surface area (Å²) in [6.45, 7) is 4.32. The Morgan fingerprint density at radius 3 is 2.43 bits per heavy atom. The molecule has 1 unspecified atom stereocenters. The van der Waals surface area contributed by atoms with Gasteiger partial charge in [0.05, 0.1) is 6.07 Å². The summed E-state index contributed by atoms with van der Waals surface area (Å²) in [5, 5.41) is 12.3. The fourth-order valence-corrected chi connectivity index (χ4v) is 3.48. The molecule has 1 aromatic carbocycles. The lowest BCUT2D eigenvalue weighted by atomic mass is 9.77. The van der Waals surface area contributed by atoms with Crippen LogP contribution in [0.4, 0.5) is 0 Å². The Morgan fingerprint density at radius 1 is 1.29 bits per heavy atom. The molecule has 1 aliphatic rings. The van der Waals surface area contributed by atoms with Gasteiger partial charge in [0.1, 0.15) is 6.04 Å². The number of rotatable bonds is 5. The van der Waals surface area contributed by atoms with Crippen molar-refractivity contribution in [2.45, 2.75) is 52.0 Å². The zero-order valence-corrected chi connectivity index (χ0v) is 12.9. The van der Waals surface area contributed by atoms with E-state index in [0.717, 1.165) is 37.7 Å². The maximum atomic E-state index is 12.8. The number of hydrogen-bond donors (Lipinski definition) is 1. The van der Waals surface area contributed by atoms with Gasteiger partial charge in [-0.05, 0) is 30.7 Å². The van der Waals surface area contributed by atoms with Crippen LogP contribution in [0, 0.1) is 22.7 Å². The van der Waals surface area contributed by atoms with Crippen LogP contribution in [0.5, 0.6) is 0 Å². The van der Waals surface area contributed by atoms with Crippen molar-refractivity contribution in [1.29, 1.82) is 5.26 Å². The van der Waals surface area contributed by atoms with Gasteiger partial charge in [-0.2, -0.15) is 5.26 Å². The van der Waals surface area contributed by atoms with Crippen molar-refractivity contribution in [2.75, 3.05) is 0 Å². The summed E-state index contributed by atoms with van der Waals surface area (Å²) < 4.78 is 0. The van der Waals surface area contributed by atoms with Gasteiger partial charge in [0.25, 0.3) is 0 Å². The van der Waals surface area contributed by atoms with Crippen LogP contribution in [0.2, 0.25) is 0 Å². The van der Waals surface area contributed by atoms with Gasteiger partial charge >= 0.3 is 0 Å². The van der Waals surface area contributed by atoms with Crippen LogP contribution < -0.4 is 5.32 Å². The molecule has 2 rings (SSSR count). The molecule has 3 heteroatoms. The lowest BCUT2D eigenvalue weighted by Gasteiger charge is -2.30. The van der Waals surface area contributed by atoms with E-state index in [9.17, 15) is 10.1 Å². The average molecular weight is 284 g/mol. The first kappa shape index (κ1) is 15.6. The molecule has 0 aliphatic heterocycles. The predicted molar refractivity (Wildman–Crippen MR) is 83.3 cm³/mol. The summed E-state index contributed by atoms with van der Waals surface area (Å²) in [7, 11) is 0. The molecule has 21 heavy (non-hydrogen) atoms. The van der Waals surface area contributed by atoms with Crippen LogP contribution in [0.15, 0.2) is 30.3 Å². The van der Waals surface area contributed by atoms with E-state index in [-0.39, 0.29) is 11.3 Å². The van der Waals surface area contributed by atoms with E-state index in [1.54, 1.807) is 0 Å². The first-order valence-corrected chi connectivity index (χ1v) is 7.83. The molecule has 0 radical (unpaired) electrons. The van der Waals surface area contributed by atoms with Gasteiger partial charge in [0.15, 0.2) is 0 Å². The molecule has 1 amide bonds. The van der Waals surface area contributed by atoms with E-state index in [1.165, 1.54) is 0 Å². The standard InChI is InChI=1S/C18H24N2O/c1-14(2)12-18(10-6-7-11-18)17(21)20-16(13-19)15-8-4-3-5-9-15/h3-5,8-9,14,16H,6-7,10-12H2,1-2H3,(H,20,21). The predicted octanol–water partition coefficient (Wildman–Crippen LogP) is 3.97. The minimum atomic E-state index is -0.552. The molecule has 0 aromatic heterocycles. The second-order valence-electron chi connectivity index (χ2n) is 6.53. The van der Waals surface area contributed by atoms with E-state index < -0.39 is 6.04 Å². The van der Waals surface area contributed by atoms with Crippen LogP contribution in [-0.4, -0.2) is 5.91 Å². The fourth-order valence-electron chi connectivity index (χ4n) is 3.48. The second kappa shape index (κ2) is 6.76. The number of carbonyl (C=O) groups is 1. The summed E-state index contributed by atoms with van der Waals surface area (Å²) in [5.74, 6) is 0.551. The van der Waals surface area contributed by atoms with Crippen molar-refractivity contribution in [3.05, 3.63) is 35.9 Å². The number of benzene rings is 1. The molecule has 0 saturated heterocycles. The Morgan fingerprint density at radius 2 is 1.90 bits per heavy atom. The lowest BCUT2D eigenvalue weighted by molar-refractivity contribution is -0.132. The lowest BCUT2D eigenvalue weighted by Crippen LogP contribution is -2.41. The molecule has 3 nitrogen and oxygen atoms in total. The van der Waals surface area contributed by atoms with E-state index in [2.05, 4.69) is 25.2 Å². The van der Waals surface area contributed by atoms with Crippen molar-refractivity contribution < 1.29 is 4.79 Å². The molecule has 0 bridgehead atoms. The number of nitriles is 1. The van der Waals surface area contributed by atoms with Gasteiger partial charge in [0, 0.05) is 5.41 Å². The molecule has 0 spiro atoms. The molecular weight excluding hydrogens is 260 g/mol. The van der Waals surface area contributed by atoms with Gasteiger partial charge in [-0.1, -0.05) is 57.0 Å². The third kappa shape index (κ3) is 3.64. The van der Waals surface area contributed by atoms with Crippen LogP contribution in [0.25, 0.3) is 0 Å². The topological polar surface area (TPSA) is 52.9 Å². The first-order chi connectivity index (χ1) is 10.1. The molecule has 1 N–H and O–H groups in total. The van der Waals surface area contributed by atoms with E-state index in [0.29, 0.717) is 5.92 Å². The minimum absolute atomic E-state index is 0.0594. The van der Waals surface area contributed by atoms with Crippen LogP contribution >= 0.6 is 0 Å². The highest BCUT2D eigenvalue weighted by molar-refractivity contribution is 5.83. The Kier molecular flexibility index (Phi) is 5.01. The maximum absolute atomic E-state index is 12.8. The van der Waals surface area contributed by atoms with Crippen molar-refractivity contribution in [1.82, 2.24) is 5.32 Å². The van der Waals surface area contributed by atoms with Gasteiger partial charge < -0.3 is 5.32 Å². The van der Waals surface area contributed by atoms with E-state index in [4.69, 9.17) is 0 Å². The average Bonchev–Trinajstić information content (AvgIpc) is 2.94. The third-order valence-electron chi connectivity index (χ3n) is 4.38. The van der Waals surface area contributed by atoms with Crippen LogP contribution in [0.1, 0.15) is 57.6 Å². The number of nitrogens with one attached hydrogen (secondary N) is 1. The number of amides is 1. The van der Waals surface area contributed by atoms with Gasteiger partial charge in [-0.3, -0.25) is 4.79 Å². The number of nitrogens with zero attached hydrogens (tertiary/aromatic N) is 1. The Balaban J connectivity index is 2.13. The Labute approximate surface area is 127 Å². The van der Waals surface area contributed by atoms with Crippen molar-refractivity contribution in [3.8, 4) is 6.07 Å². The zero-order chi connectivity index (χ0) is 15.3. The fraction of sp³-hybridized carbons (Fsp3) is 0.556. The van der Waals surface area contributed by atoms with E-state index >= 15 is 0 Å². The monoisotopic (exact) mass is 284 g/mol. The highest BCUT2D eigenvalue weighted by Gasteiger charge is 2.42. The van der Waals surface area contributed by atoms with Gasteiger partial charge in [0.2, 0.25) is 5.91 Å². The Bertz CT molecular complexity index is 510. The smallest absolute Gasteiger partial charge is 0.227 e. The summed E-state index contributed by atoms with van der Waals surface area (Å²) >= 11 is 0. The summed E-state index contributed by atoms with van der Waals surface area (Å²) in [6.07, 6.45) is 5.03. The van der Waals surface area contributed by atoms with Crippen LogP contribution in [-0.2, 0) is 4.79 Å². The minimum Gasteiger partial charge on any atom is -0.336 e. The second-order valence-corrected chi connectivity index (χ2v) is 6.53. The maximum Gasteiger partial charge on any atom is 0.227 e. The van der Waals surface area contributed by atoms with Crippen molar-refractivity contribution in [2.24, 2.45) is 11.3 Å². The molecular formula is C18H24N2O. The summed E-state index contributed by atoms with van der Waals surface area (Å²) in [4.78, 5) is 12.8. The molecule has 1 aromatic rings. The van der Waals surface area contributed by atoms with Crippen molar-refractivity contribution in [3.63, 3.8) is 0 Å². The number of carbonyl (C=O) groups excluding carboxylic acids is 1. The highest BCUT2D eigenvalue weighted by atomic mass is 16.2.